The number of aryl methyl sites for hydroxylation is 1. The fourth-order valence-corrected chi connectivity index (χ4v) is 2.28. The average molecular weight is 212 g/mol. The van der Waals surface area contributed by atoms with Gasteiger partial charge in [0.2, 0.25) is 5.51 Å². The third kappa shape index (κ3) is 3.41. The second kappa shape index (κ2) is 4.43. The Hall–Kier alpha value is -0.370. The highest BCUT2D eigenvalue weighted by Crippen LogP contribution is 2.14. The lowest BCUT2D eigenvalue weighted by Gasteiger charge is -2.09. The van der Waals surface area contributed by atoms with Crippen LogP contribution in [0.5, 0.6) is 0 Å². The molecule has 1 aromatic rings. The van der Waals surface area contributed by atoms with Crippen molar-refractivity contribution in [1.82, 2.24) is 0 Å². The normalized spacial score (nSPS) is 12.4. The van der Waals surface area contributed by atoms with Crippen LogP contribution in [0.3, 0.4) is 0 Å². The first-order valence-electron chi connectivity index (χ1n) is 5.39. The first-order chi connectivity index (χ1) is 6.39. The smallest absolute Gasteiger partial charge is 0.191 e. The molecule has 0 radical (unpaired) electrons. The summed E-state index contributed by atoms with van der Waals surface area (Å²) in [4.78, 5) is 1.51. The van der Waals surface area contributed by atoms with Crippen LogP contribution >= 0.6 is 11.3 Å². The van der Waals surface area contributed by atoms with Crippen LogP contribution in [0.1, 0.15) is 45.9 Å². The molecule has 0 aliphatic heterocycles. The van der Waals surface area contributed by atoms with Gasteiger partial charge in [0, 0.05) is 20.8 Å². The standard InChI is InChI=1S/C12H22NS/c1-10(2)6-7-11-8-13(9-14-11)12(3,4)5/h8-10H,6-7H2,1-5H3/q+1. The highest BCUT2D eigenvalue weighted by Gasteiger charge is 2.22. The number of thiazole rings is 1. The van der Waals surface area contributed by atoms with E-state index in [-0.39, 0.29) is 5.54 Å². The van der Waals surface area contributed by atoms with Crippen molar-refractivity contribution in [3.8, 4) is 0 Å². The molecule has 14 heavy (non-hydrogen) atoms. The van der Waals surface area contributed by atoms with Crippen molar-refractivity contribution in [3.05, 3.63) is 16.6 Å². The average Bonchev–Trinajstić information content (AvgIpc) is 2.47. The number of hydrogen-bond acceptors (Lipinski definition) is 1. The first-order valence-corrected chi connectivity index (χ1v) is 6.26. The largest absolute Gasteiger partial charge is 0.225 e. The Labute approximate surface area is 91.8 Å². The predicted octanol–water partition coefficient (Wildman–Crippen LogP) is 3.38. The Morgan fingerprint density at radius 1 is 1.36 bits per heavy atom. The fraction of sp³-hybridized carbons (Fsp3) is 0.750. The van der Waals surface area contributed by atoms with E-state index in [4.69, 9.17) is 0 Å². The van der Waals surface area contributed by atoms with E-state index >= 15 is 0 Å². The zero-order chi connectivity index (χ0) is 10.8. The molecule has 0 saturated heterocycles. The minimum Gasteiger partial charge on any atom is -0.191 e. The third-order valence-corrected chi connectivity index (χ3v) is 3.29. The van der Waals surface area contributed by atoms with Crippen molar-refractivity contribution in [2.45, 2.75) is 53.0 Å². The van der Waals surface area contributed by atoms with Gasteiger partial charge in [-0.1, -0.05) is 25.2 Å². The molecular formula is C12H22NS+. The van der Waals surface area contributed by atoms with Crippen LogP contribution in [0.4, 0.5) is 0 Å². The lowest BCUT2D eigenvalue weighted by molar-refractivity contribution is -0.750. The zero-order valence-corrected chi connectivity index (χ0v) is 10.8. The maximum Gasteiger partial charge on any atom is 0.225 e. The number of rotatable bonds is 3. The van der Waals surface area contributed by atoms with Gasteiger partial charge in [-0.05, 0) is 18.8 Å². The van der Waals surface area contributed by atoms with Gasteiger partial charge in [-0.15, -0.1) is 0 Å². The van der Waals surface area contributed by atoms with Gasteiger partial charge in [0.05, 0.1) is 4.88 Å². The fourth-order valence-electron chi connectivity index (χ4n) is 1.25. The molecule has 0 aliphatic carbocycles. The summed E-state index contributed by atoms with van der Waals surface area (Å²) in [5.41, 5.74) is 2.46. The summed E-state index contributed by atoms with van der Waals surface area (Å²) in [5.74, 6) is 0.806. The summed E-state index contributed by atoms with van der Waals surface area (Å²) in [6.45, 7) is 11.3. The van der Waals surface area contributed by atoms with Gasteiger partial charge >= 0.3 is 0 Å². The number of aromatic nitrogens is 1. The van der Waals surface area contributed by atoms with Gasteiger partial charge in [-0.3, -0.25) is 0 Å². The predicted molar refractivity (Wildman–Crippen MR) is 62.7 cm³/mol. The molecule has 0 spiro atoms. The quantitative estimate of drug-likeness (QED) is 0.676. The van der Waals surface area contributed by atoms with Crippen LogP contribution in [0.2, 0.25) is 0 Å². The van der Waals surface area contributed by atoms with Crippen LogP contribution in [0.15, 0.2) is 11.7 Å². The summed E-state index contributed by atoms with van der Waals surface area (Å²) in [6, 6.07) is 0. The summed E-state index contributed by atoms with van der Waals surface area (Å²) < 4.78 is 2.31. The Balaban J connectivity index is 2.60. The molecule has 0 bridgehead atoms. The molecule has 0 aliphatic rings. The van der Waals surface area contributed by atoms with Gasteiger partial charge in [0.25, 0.3) is 0 Å². The number of hydrogen-bond donors (Lipinski definition) is 0. The molecule has 0 unspecified atom stereocenters. The molecule has 1 aromatic heterocycles. The van der Waals surface area contributed by atoms with E-state index in [2.05, 4.69) is 50.9 Å². The Bertz CT molecular complexity index is 281. The van der Waals surface area contributed by atoms with Crippen molar-refractivity contribution in [2.75, 3.05) is 0 Å². The van der Waals surface area contributed by atoms with Crippen molar-refractivity contribution in [2.24, 2.45) is 5.92 Å². The van der Waals surface area contributed by atoms with Gasteiger partial charge in [-0.2, -0.15) is 4.57 Å². The van der Waals surface area contributed by atoms with E-state index in [1.165, 1.54) is 17.7 Å². The molecule has 1 rings (SSSR count). The zero-order valence-electron chi connectivity index (χ0n) is 10.0. The van der Waals surface area contributed by atoms with Crippen LogP contribution in [0.25, 0.3) is 0 Å². The highest BCUT2D eigenvalue weighted by atomic mass is 32.1. The highest BCUT2D eigenvalue weighted by molar-refractivity contribution is 7.09. The Kier molecular flexibility index (Phi) is 3.71. The third-order valence-electron chi connectivity index (χ3n) is 2.34. The molecular weight excluding hydrogens is 190 g/mol. The molecule has 0 amide bonds. The van der Waals surface area contributed by atoms with Crippen LogP contribution < -0.4 is 4.57 Å². The van der Waals surface area contributed by atoms with Crippen LogP contribution in [0, 0.1) is 5.92 Å². The maximum atomic E-state index is 2.31. The monoisotopic (exact) mass is 212 g/mol. The summed E-state index contributed by atoms with van der Waals surface area (Å²) in [6.07, 6.45) is 4.82. The van der Waals surface area contributed by atoms with Crippen molar-refractivity contribution in [3.63, 3.8) is 0 Å². The van der Waals surface area contributed by atoms with Gasteiger partial charge in [-0.25, -0.2) is 0 Å². The first kappa shape index (κ1) is 11.7. The molecule has 0 N–H and O–H groups in total. The topological polar surface area (TPSA) is 3.88 Å². The summed E-state index contributed by atoms with van der Waals surface area (Å²) in [5, 5.41) is 0. The van der Waals surface area contributed by atoms with Crippen LogP contribution in [-0.2, 0) is 12.0 Å². The van der Waals surface area contributed by atoms with Crippen molar-refractivity contribution < 1.29 is 4.57 Å². The van der Waals surface area contributed by atoms with Gasteiger partial charge in [0.1, 0.15) is 0 Å². The Morgan fingerprint density at radius 2 is 2.00 bits per heavy atom. The van der Waals surface area contributed by atoms with E-state index in [1.807, 2.05) is 11.3 Å². The molecule has 0 fully saturated rings. The lowest BCUT2D eigenvalue weighted by atomic mass is 10.1. The molecule has 2 heteroatoms. The molecule has 1 nitrogen and oxygen atoms in total. The van der Waals surface area contributed by atoms with Gasteiger partial charge in [0.15, 0.2) is 11.7 Å². The second-order valence-electron chi connectivity index (χ2n) is 5.33. The van der Waals surface area contributed by atoms with Crippen molar-refractivity contribution in [1.29, 1.82) is 0 Å². The molecule has 1 heterocycles. The SMILES string of the molecule is CC(C)CCc1c[n+](C(C)(C)C)cs1. The number of nitrogens with zero attached hydrogens (tertiary/aromatic N) is 1. The molecule has 0 aromatic carbocycles. The summed E-state index contributed by atoms with van der Waals surface area (Å²) >= 11 is 1.88. The summed E-state index contributed by atoms with van der Waals surface area (Å²) in [7, 11) is 0. The minimum atomic E-state index is 0.229. The molecule has 80 valence electrons. The molecule has 0 saturated carbocycles. The lowest BCUT2D eigenvalue weighted by Crippen LogP contribution is -2.48. The van der Waals surface area contributed by atoms with Gasteiger partial charge < -0.3 is 0 Å². The van der Waals surface area contributed by atoms with E-state index in [0.29, 0.717) is 0 Å². The van der Waals surface area contributed by atoms with Crippen molar-refractivity contribution >= 4 is 11.3 Å². The maximum absolute atomic E-state index is 2.31. The van der Waals surface area contributed by atoms with E-state index in [1.54, 1.807) is 0 Å². The van der Waals surface area contributed by atoms with E-state index in [0.717, 1.165) is 5.92 Å². The van der Waals surface area contributed by atoms with E-state index < -0.39 is 0 Å². The second-order valence-corrected chi connectivity index (χ2v) is 6.30. The van der Waals surface area contributed by atoms with Crippen LogP contribution in [-0.4, -0.2) is 0 Å². The van der Waals surface area contributed by atoms with E-state index in [9.17, 15) is 0 Å². The Morgan fingerprint density at radius 3 is 2.43 bits per heavy atom. The minimum absolute atomic E-state index is 0.229. The molecule has 0 atom stereocenters.